The Balaban J connectivity index is 1.64. The molecule has 28 heavy (non-hydrogen) atoms. The van der Waals surface area contributed by atoms with Crippen LogP contribution in [0.1, 0.15) is 23.6 Å². The SMILES string of the molecule is O=C(NC(C(=O)NC1CCNC(=O)C1=O)c1cnoc1)OCc1ccccc1. The van der Waals surface area contributed by atoms with Crippen LogP contribution in [0, 0.1) is 0 Å². The number of aromatic nitrogens is 1. The third-order valence-corrected chi connectivity index (χ3v) is 4.10. The van der Waals surface area contributed by atoms with Gasteiger partial charge < -0.3 is 25.2 Å². The topological polar surface area (TPSA) is 140 Å². The molecular formula is C18H18N4O6. The molecule has 10 heteroatoms. The molecule has 2 aromatic rings. The van der Waals surface area contributed by atoms with E-state index in [1.54, 1.807) is 24.3 Å². The van der Waals surface area contributed by atoms with Gasteiger partial charge in [-0.1, -0.05) is 35.5 Å². The van der Waals surface area contributed by atoms with E-state index in [0.29, 0.717) is 0 Å². The highest BCUT2D eigenvalue weighted by molar-refractivity contribution is 6.39. The van der Waals surface area contributed by atoms with Crippen LogP contribution in [-0.4, -0.2) is 41.4 Å². The fraction of sp³-hybridized carbons (Fsp3) is 0.278. The number of hydrogen-bond donors (Lipinski definition) is 3. The number of nitrogens with zero attached hydrogens (tertiary/aromatic N) is 1. The summed E-state index contributed by atoms with van der Waals surface area (Å²) < 4.78 is 9.85. The van der Waals surface area contributed by atoms with Crippen molar-refractivity contribution in [3.63, 3.8) is 0 Å². The van der Waals surface area contributed by atoms with Gasteiger partial charge in [-0.2, -0.15) is 0 Å². The monoisotopic (exact) mass is 386 g/mol. The van der Waals surface area contributed by atoms with Crippen molar-refractivity contribution >= 4 is 23.7 Å². The van der Waals surface area contributed by atoms with Gasteiger partial charge in [0.2, 0.25) is 11.7 Å². The summed E-state index contributed by atoms with van der Waals surface area (Å²) in [6.45, 7) is 0.284. The molecule has 0 radical (unpaired) electrons. The van der Waals surface area contributed by atoms with E-state index in [4.69, 9.17) is 9.26 Å². The Morgan fingerprint density at radius 1 is 1.29 bits per heavy atom. The third kappa shape index (κ3) is 4.72. The van der Waals surface area contributed by atoms with Gasteiger partial charge in [0.05, 0.1) is 12.2 Å². The lowest BCUT2D eigenvalue weighted by Crippen LogP contribution is -2.55. The number of nitrogens with one attached hydrogen (secondary N) is 3. The third-order valence-electron chi connectivity index (χ3n) is 4.10. The highest BCUT2D eigenvalue weighted by Crippen LogP contribution is 2.14. The zero-order chi connectivity index (χ0) is 19.9. The predicted octanol–water partition coefficient (Wildman–Crippen LogP) is 0.216. The molecular weight excluding hydrogens is 368 g/mol. The standard InChI is InChI=1S/C18H18N4O6/c23-15-13(6-7-19-17(15)25)21-16(24)14(12-8-20-28-10-12)22-18(26)27-9-11-4-2-1-3-5-11/h1-5,8,10,13-14H,6-7,9H2,(H,19,25)(H,21,24)(H,22,26). The van der Waals surface area contributed by atoms with Crippen LogP contribution in [-0.2, 0) is 25.7 Å². The van der Waals surface area contributed by atoms with Crippen LogP contribution in [0.4, 0.5) is 4.79 Å². The molecule has 1 fully saturated rings. The Kier molecular flexibility index (Phi) is 6.00. The lowest BCUT2D eigenvalue weighted by Gasteiger charge is -2.24. The molecule has 2 heterocycles. The van der Waals surface area contributed by atoms with Crippen molar-refractivity contribution < 1.29 is 28.4 Å². The molecule has 3 N–H and O–H groups in total. The number of hydrogen-bond acceptors (Lipinski definition) is 7. The Labute approximate surface area is 159 Å². The zero-order valence-corrected chi connectivity index (χ0v) is 14.7. The maximum atomic E-state index is 12.6. The van der Waals surface area contributed by atoms with Crippen LogP contribution < -0.4 is 16.0 Å². The van der Waals surface area contributed by atoms with E-state index in [-0.39, 0.29) is 25.1 Å². The molecule has 146 valence electrons. The van der Waals surface area contributed by atoms with Crippen LogP contribution in [0.5, 0.6) is 0 Å². The average molecular weight is 386 g/mol. The second-order valence-corrected chi connectivity index (χ2v) is 6.07. The number of alkyl carbamates (subject to hydrolysis) is 1. The lowest BCUT2D eigenvalue weighted by molar-refractivity contribution is -0.141. The summed E-state index contributed by atoms with van der Waals surface area (Å²) in [7, 11) is 0. The minimum atomic E-state index is -1.20. The molecule has 0 bridgehead atoms. The summed E-state index contributed by atoms with van der Waals surface area (Å²) in [4.78, 5) is 48.1. The van der Waals surface area contributed by atoms with Crippen molar-refractivity contribution in [2.75, 3.05) is 6.54 Å². The molecule has 0 spiro atoms. The highest BCUT2D eigenvalue weighted by atomic mass is 16.5. The fourth-order valence-electron chi connectivity index (χ4n) is 2.64. The molecule has 2 atom stereocenters. The smallest absolute Gasteiger partial charge is 0.408 e. The van der Waals surface area contributed by atoms with Gasteiger partial charge >= 0.3 is 6.09 Å². The van der Waals surface area contributed by atoms with Crippen molar-refractivity contribution in [1.29, 1.82) is 0 Å². The fourth-order valence-corrected chi connectivity index (χ4v) is 2.64. The van der Waals surface area contributed by atoms with E-state index in [1.165, 1.54) is 12.5 Å². The van der Waals surface area contributed by atoms with E-state index in [9.17, 15) is 19.2 Å². The molecule has 3 amide bonds. The summed E-state index contributed by atoms with van der Waals surface area (Å²) in [5.74, 6) is -2.18. The van der Waals surface area contributed by atoms with Crippen LogP contribution in [0.25, 0.3) is 0 Å². The minimum Gasteiger partial charge on any atom is -0.445 e. The summed E-state index contributed by atoms with van der Waals surface area (Å²) in [6.07, 6.45) is 1.87. The van der Waals surface area contributed by atoms with Crippen LogP contribution in [0.15, 0.2) is 47.3 Å². The number of amides is 3. The molecule has 1 aromatic heterocycles. The predicted molar refractivity (Wildman–Crippen MR) is 93.6 cm³/mol. The number of benzene rings is 1. The zero-order valence-electron chi connectivity index (χ0n) is 14.7. The van der Waals surface area contributed by atoms with Gasteiger partial charge in [0, 0.05) is 12.1 Å². The number of carbonyl (C=O) groups is 4. The molecule has 1 aromatic carbocycles. The summed E-state index contributed by atoms with van der Waals surface area (Å²) >= 11 is 0. The van der Waals surface area contributed by atoms with E-state index in [2.05, 4.69) is 21.1 Å². The Morgan fingerprint density at radius 3 is 2.79 bits per heavy atom. The van der Waals surface area contributed by atoms with E-state index in [1.807, 2.05) is 6.07 Å². The van der Waals surface area contributed by atoms with E-state index < -0.39 is 35.8 Å². The summed E-state index contributed by atoms with van der Waals surface area (Å²) in [6, 6.07) is 6.86. The van der Waals surface area contributed by atoms with Gasteiger partial charge in [-0.25, -0.2) is 4.79 Å². The normalized spacial score (nSPS) is 17.4. The van der Waals surface area contributed by atoms with Crippen molar-refractivity contribution in [1.82, 2.24) is 21.1 Å². The first-order chi connectivity index (χ1) is 13.5. The molecule has 1 aliphatic rings. The van der Waals surface area contributed by atoms with E-state index >= 15 is 0 Å². The number of carbonyl (C=O) groups excluding carboxylic acids is 4. The first-order valence-electron chi connectivity index (χ1n) is 8.53. The highest BCUT2D eigenvalue weighted by Gasteiger charge is 2.33. The van der Waals surface area contributed by atoms with Crippen LogP contribution >= 0.6 is 0 Å². The molecule has 10 nitrogen and oxygen atoms in total. The van der Waals surface area contributed by atoms with Gasteiger partial charge in [-0.05, 0) is 12.0 Å². The Morgan fingerprint density at radius 2 is 2.07 bits per heavy atom. The lowest BCUT2D eigenvalue weighted by atomic mass is 10.0. The van der Waals surface area contributed by atoms with Gasteiger partial charge in [0.15, 0.2) is 0 Å². The molecule has 0 aliphatic carbocycles. The largest absolute Gasteiger partial charge is 0.445 e. The maximum Gasteiger partial charge on any atom is 0.408 e. The van der Waals surface area contributed by atoms with Crippen LogP contribution in [0.3, 0.4) is 0 Å². The van der Waals surface area contributed by atoms with Crippen molar-refractivity contribution in [2.24, 2.45) is 0 Å². The number of Topliss-reactive ketones (excluding diaryl/α,β-unsaturated/α-hetero) is 1. The second kappa shape index (κ2) is 8.80. The Bertz CT molecular complexity index is 852. The number of piperidine rings is 1. The van der Waals surface area contributed by atoms with Gasteiger partial charge in [0.1, 0.15) is 18.9 Å². The maximum absolute atomic E-state index is 12.6. The molecule has 1 saturated heterocycles. The molecule has 3 rings (SSSR count). The quantitative estimate of drug-likeness (QED) is 0.603. The summed E-state index contributed by atoms with van der Waals surface area (Å²) in [5, 5.41) is 10.8. The van der Waals surface area contributed by atoms with Crippen LogP contribution in [0.2, 0.25) is 0 Å². The van der Waals surface area contributed by atoms with Gasteiger partial charge in [-0.15, -0.1) is 0 Å². The van der Waals surface area contributed by atoms with Gasteiger partial charge in [0.25, 0.3) is 5.91 Å². The van der Waals surface area contributed by atoms with E-state index in [0.717, 1.165) is 5.56 Å². The summed E-state index contributed by atoms with van der Waals surface area (Å²) in [5.41, 5.74) is 1.05. The molecule has 0 saturated carbocycles. The number of ether oxygens (including phenoxy) is 1. The molecule has 2 unspecified atom stereocenters. The average Bonchev–Trinajstić information content (AvgIpc) is 3.23. The Hall–Kier alpha value is -3.69. The number of ketones is 1. The number of rotatable bonds is 6. The van der Waals surface area contributed by atoms with Crippen molar-refractivity contribution in [3.8, 4) is 0 Å². The molecule has 1 aliphatic heterocycles. The first-order valence-corrected chi connectivity index (χ1v) is 8.53. The second-order valence-electron chi connectivity index (χ2n) is 6.07. The van der Waals surface area contributed by atoms with Crippen molar-refractivity contribution in [2.45, 2.75) is 25.1 Å². The first kappa shape index (κ1) is 19.1. The van der Waals surface area contributed by atoms with Gasteiger partial charge in [-0.3, -0.25) is 14.4 Å². The van der Waals surface area contributed by atoms with Crippen molar-refractivity contribution in [3.05, 3.63) is 53.9 Å². The minimum absolute atomic E-state index is 0.0198.